The minimum Gasteiger partial charge on any atom is -0.351 e. The Hall–Kier alpha value is -3.77. The van der Waals surface area contributed by atoms with E-state index in [0.717, 1.165) is 40.2 Å². The van der Waals surface area contributed by atoms with Gasteiger partial charge in [0.2, 0.25) is 10.0 Å². The highest BCUT2D eigenvalue weighted by Crippen LogP contribution is 2.43. The summed E-state index contributed by atoms with van der Waals surface area (Å²) < 4.78 is 30.0. The number of rotatable bonds is 6. The molecule has 0 spiro atoms. The Morgan fingerprint density at radius 3 is 2.44 bits per heavy atom. The summed E-state index contributed by atoms with van der Waals surface area (Å²) in [6.07, 6.45) is 6.23. The van der Waals surface area contributed by atoms with Gasteiger partial charge in [-0.3, -0.25) is 14.4 Å². The Balaban J connectivity index is 1.64. The second-order valence-corrected chi connectivity index (χ2v) is 11.0. The Bertz CT molecular complexity index is 1530. The van der Waals surface area contributed by atoms with Gasteiger partial charge in [0.25, 0.3) is 0 Å². The van der Waals surface area contributed by atoms with E-state index in [1.165, 1.54) is 0 Å². The van der Waals surface area contributed by atoms with Gasteiger partial charge in [-0.1, -0.05) is 6.07 Å². The molecule has 3 aromatic heterocycles. The number of thiocarbonyl (C=S) groups is 1. The van der Waals surface area contributed by atoms with Gasteiger partial charge in [0.1, 0.15) is 12.7 Å². The fourth-order valence-corrected chi connectivity index (χ4v) is 5.77. The van der Waals surface area contributed by atoms with E-state index in [1.54, 1.807) is 24.9 Å². The summed E-state index contributed by atoms with van der Waals surface area (Å²) in [6, 6.07) is 13.1. The van der Waals surface area contributed by atoms with Crippen LogP contribution in [0.25, 0.3) is 0 Å². The molecule has 186 valence electrons. The third-order valence-electron chi connectivity index (χ3n) is 6.27. The smallest absolute Gasteiger partial charge is 0.229 e. The zero-order valence-electron chi connectivity index (χ0n) is 20.2. The highest BCUT2D eigenvalue weighted by Gasteiger charge is 2.42. The summed E-state index contributed by atoms with van der Waals surface area (Å²) in [7, 11) is -3.40. The average molecular weight is 523 g/mol. The quantitative estimate of drug-likeness (QED) is 0.372. The summed E-state index contributed by atoms with van der Waals surface area (Å²) in [5, 5.41) is 12.0. The van der Waals surface area contributed by atoms with Gasteiger partial charge in [-0.2, -0.15) is 0 Å². The molecule has 4 heterocycles. The predicted octanol–water partition coefficient (Wildman–Crippen LogP) is 3.26. The lowest BCUT2D eigenvalue weighted by Crippen LogP contribution is -2.29. The van der Waals surface area contributed by atoms with E-state index in [2.05, 4.69) is 47.8 Å². The molecule has 2 atom stereocenters. The van der Waals surface area contributed by atoms with Crippen LogP contribution in [-0.2, 0) is 10.0 Å². The van der Waals surface area contributed by atoms with Crippen LogP contribution in [0.5, 0.6) is 0 Å². The summed E-state index contributed by atoms with van der Waals surface area (Å²) in [6.45, 7) is 5.96. The van der Waals surface area contributed by atoms with E-state index < -0.39 is 10.0 Å². The number of nitrogens with one attached hydrogen (secondary N) is 2. The zero-order chi connectivity index (χ0) is 25.6. The lowest BCUT2D eigenvalue weighted by molar-refractivity contribution is 0.557. The first-order chi connectivity index (χ1) is 17.1. The number of hydrogen-bond donors (Lipinski definition) is 2. The van der Waals surface area contributed by atoms with Gasteiger partial charge in [-0.15, -0.1) is 10.2 Å². The van der Waals surface area contributed by atoms with Crippen molar-refractivity contribution in [2.24, 2.45) is 0 Å². The van der Waals surface area contributed by atoms with Crippen LogP contribution >= 0.6 is 12.2 Å². The number of pyridine rings is 1. The van der Waals surface area contributed by atoms with Crippen LogP contribution in [-0.4, -0.2) is 44.3 Å². The van der Waals surface area contributed by atoms with Crippen LogP contribution in [0.4, 0.5) is 11.4 Å². The Kier molecular flexibility index (Phi) is 6.00. The number of aryl methyl sites for hydroxylation is 2. The lowest BCUT2D eigenvalue weighted by Gasteiger charge is -2.28. The molecule has 1 aliphatic heterocycles. The lowest BCUT2D eigenvalue weighted by atomic mass is 9.96. The van der Waals surface area contributed by atoms with E-state index >= 15 is 0 Å². The molecule has 36 heavy (non-hydrogen) atoms. The number of aromatic nitrogens is 5. The average Bonchev–Trinajstić information content (AvgIpc) is 3.53. The van der Waals surface area contributed by atoms with Crippen LogP contribution in [0.15, 0.2) is 61.3 Å². The molecule has 1 fully saturated rings. The molecule has 10 nitrogen and oxygen atoms in total. The fourth-order valence-electron chi connectivity index (χ4n) is 4.79. The van der Waals surface area contributed by atoms with Gasteiger partial charge >= 0.3 is 0 Å². The van der Waals surface area contributed by atoms with Crippen LogP contribution in [0.1, 0.15) is 40.3 Å². The molecule has 0 bridgehead atoms. The van der Waals surface area contributed by atoms with E-state index in [0.29, 0.717) is 10.8 Å². The number of hydrogen-bond acceptors (Lipinski definition) is 6. The highest BCUT2D eigenvalue weighted by molar-refractivity contribution is 7.92. The molecule has 0 saturated carbocycles. The van der Waals surface area contributed by atoms with Crippen LogP contribution in [0, 0.1) is 20.8 Å². The van der Waals surface area contributed by atoms with E-state index in [4.69, 9.17) is 12.2 Å². The van der Waals surface area contributed by atoms with Gasteiger partial charge in [0.05, 0.1) is 29.7 Å². The molecular formula is C24H26N8O2S2. The molecule has 1 saturated heterocycles. The van der Waals surface area contributed by atoms with Crippen molar-refractivity contribution in [2.45, 2.75) is 32.9 Å². The van der Waals surface area contributed by atoms with Gasteiger partial charge in [-0.05, 0) is 75.0 Å². The molecule has 4 aromatic rings. The predicted molar refractivity (Wildman–Crippen MR) is 142 cm³/mol. The van der Waals surface area contributed by atoms with Crippen molar-refractivity contribution in [3.63, 3.8) is 0 Å². The highest BCUT2D eigenvalue weighted by atomic mass is 32.2. The van der Waals surface area contributed by atoms with Crippen molar-refractivity contribution in [3.05, 3.63) is 89.5 Å². The van der Waals surface area contributed by atoms with E-state index in [1.807, 2.05) is 48.9 Å². The van der Waals surface area contributed by atoms with Gasteiger partial charge in [0.15, 0.2) is 5.11 Å². The summed E-state index contributed by atoms with van der Waals surface area (Å²) in [5.74, 6) is 0. The van der Waals surface area contributed by atoms with Gasteiger partial charge in [0, 0.05) is 28.8 Å². The first kappa shape index (κ1) is 23.9. The molecular weight excluding hydrogens is 496 g/mol. The van der Waals surface area contributed by atoms with Crippen LogP contribution < -0.4 is 14.9 Å². The van der Waals surface area contributed by atoms with Crippen LogP contribution in [0.3, 0.4) is 0 Å². The maximum Gasteiger partial charge on any atom is 0.229 e. The SMILES string of the molecule is Cc1cc(N2C(=S)N[C@@H](c3ccccn3)[C@H]2c2cc(C)n(-n3cnnc3)c2C)ccc1NS(C)(=O)=O. The largest absolute Gasteiger partial charge is 0.351 e. The van der Waals surface area contributed by atoms with Crippen LogP contribution in [0.2, 0.25) is 0 Å². The maximum absolute atomic E-state index is 11.8. The van der Waals surface area contributed by atoms with Crippen molar-refractivity contribution < 1.29 is 8.42 Å². The summed E-state index contributed by atoms with van der Waals surface area (Å²) in [4.78, 5) is 6.70. The van der Waals surface area contributed by atoms with Gasteiger partial charge in [-0.25, -0.2) is 13.1 Å². The maximum atomic E-state index is 11.8. The van der Waals surface area contributed by atoms with Crippen molar-refractivity contribution in [1.82, 2.24) is 29.9 Å². The van der Waals surface area contributed by atoms with Crippen molar-refractivity contribution in [2.75, 3.05) is 15.9 Å². The molecule has 1 aliphatic rings. The normalized spacial score (nSPS) is 17.9. The monoisotopic (exact) mass is 522 g/mol. The molecule has 2 N–H and O–H groups in total. The minimum absolute atomic E-state index is 0.206. The zero-order valence-corrected chi connectivity index (χ0v) is 21.9. The Labute approximate surface area is 215 Å². The molecule has 1 aromatic carbocycles. The second kappa shape index (κ2) is 9.03. The minimum atomic E-state index is -3.40. The second-order valence-electron chi connectivity index (χ2n) is 8.85. The molecule has 5 rings (SSSR count). The van der Waals surface area contributed by atoms with Crippen molar-refractivity contribution in [3.8, 4) is 0 Å². The van der Waals surface area contributed by atoms with E-state index in [-0.39, 0.29) is 12.1 Å². The molecule has 0 amide bonds. The third kappa shape index (κ3) is 4.33. The first-order valence-corrected chi connectivity index (χ1v) is 13.6. The number of sulfonamides is 1. The van der Waals surface area contributed by atoms with Crippen molar-refractivity contribution >= 4 is 38.7 Å². The van der Waals surface area contributed by atoms with Gasteiger partial charge < -0.3 is 10.2 Å². The summed E-state index contributed by atoms with van der Waals surface area (Å²) >= 11 is 5.85. The summed E-state index contributed by atoms with van der Waals surface area (Å²) in [5.41, 5.74) is 6.14. The van der Waals surface area contributed by atoms with Crippen molar-refractivity contribution in [1.29, 1.82) is 0 Å². The topological polar surface area (TPSA) is 110 Å². The fraction of sp³-hybridized carbons (Fsp3) is 0.250. The molecule has 0 aliphatic carbocycles. The number of benzene rings is 1. The number of nitrogens with zero attached hydrogens (tertiary/aromatic N) is 6. The number of anilines is 2. The Morgan fingerprint density at radius 2 is 1.81 bits per heavy atom. The molecule has 0 radical (unpaired) electrons. The first-order valence-electron chi connectivity index (χ1n) is 11.3. The molecule has 12 heteroatoms. The Morgan fingerprint density at radius 1 is 1.06 bits per heavy atom. The molecule has 0 unspecified atom stereocenters. The third-order valence-corrected chi connectivity index (χ3v) is 7.18. The van der Waals surface area contributed by atoms with E-state index in [9.17, 15) is 8.42 Å². The standard InChI is InChI=1S/C24H26N8O2S2/c1-15-11-18(8-9-20(15)29-36(4,33)34)31-23(22(28-24(31)35)21-7-5-6-10-25-21)19-12-16(2)32(17(19)3)30-13-26-27-14-30/h5-14,22-23,29H,1-4H3,(H,28,35)/t22-,23+/m0/s1.